The van der Waals surface area contributed by atoms with Crippen molar-refractivity contribution in [3.05, 3.63) is 29.8 Å². The molecule has 0 N–H and O–H groups in total. The normalized spacial score (nSPS) is 13.0. The molecule has 0 aliphatic heterocycles. The molecule has 1 aromatic carbocycles. The Kier molecular flexibility index (Phi) is 5.62. The van der Waals surface area contributed by atoms with Crippen LogP contribution in [0.15, 0.2) is 23.1 Å². The van der Waals surface area contributed by atoms with Gasteiger partial charge in [0, 0.05) is 0 Å². The number of benzene rings is 1. The first-order chi connectivity index (χ1) is 9.34. The molecule has 0 aromatic heterocycles. The highest BCUT2D eigenvalue weighted by molar-refractivity contribution is 7.92. The van der Waals surface area contributed by atoms with Crippen LogP contribution in [0, 0.1) is 11.6 Å². The lowest BCUT2D eigenvalue weighted by molar-refractivity contribution is -0.142. The summed E-state index contributed by atoms with van der Waals surface area (Å²) in [6.45, 7) is 3.32. The summed E-state index contributed by atoms with van der Waals surface area (Å²) in [5, 5.41) is -1.41. The van der Waals surface area contributed by atoms with E-state index in [0.29, 0.717) is 12.5 Å². The SMILES string of the molecule is CCCC(C(=O)OCC)S(=O)(=O)c1ccc(F)c(F)c1. The second-order valence-corrected chi connectivity index (χ2v) is 6.28. The van der Waals surface area contributed by atoms with E-state index < -0.39 is 37.6 Å². The molecule has 0 saturated heterocycles. The fourth-order valence-corrected chi connectivity index (χ4v) is 3.44. The Labute approximate surface area is 116 Å². The first kappa shape index (κ1) is 16.6. The summed E-state index contributed by atoms with van der Waals surface area (Å²) in [5.74, 6) is -3.30. The molecule has 0 aliphatic rings. The molecule has 112 valence electrons. The number of rotatable bonds is 6. The minimum absolute atomic E-state index is 0.0480. The number of carbonyl (C=O) groups excluding carboxylic acids is 1. The lowest BCUT2D eigenvalue weighted by Crippen LogP contribution is -2.32. The van der Waals surface area contributed by atoms with Gasteiger partial charge in [0.15, 0.2) is 26.7 Å². The molecular formula is C13H16F2O4S. The molecule has 1 atom stereocenters. The predicted molar refractivity (Wildman–Crippen MR) is 68.9 cm³/mol. The molecule has 0 heterocycles. The minimum Gasteiger partial charge on any atom is -0.465 e. The predicted octanol–water partition coefficient (Wildman–Crippen LogP) is 2.47. The standard InChI is InChI=1S/C13H16F2O4S/c1-3-5-12(13(16)19-4-2)20(17,18)9-6-7-10(14)11(15)8-9/h6-8,12H,3-5H2,1-2H3. The quantitative estimate of drug-likeness (QED) is 0.598. The van der Waals surface area contributed by atoms with Crippen LogP contribution in [0.1, 0.15) is 26.7 Å². The van der Waals surface area contributed by atoms with Crippen LogP contribution in [0.4, 0.5) is 8.78 Å². The second kappa shape index (κ2) is 6.78. The molecule has 0 saturated carbocycles. The molecule has 1 unspecified atom stereocenters. The van der Waals surface area contributed by atoms with Crippen molar-refractivity contribution < 1.29 is 26.7 Å². The van der Waals surface area contributed by atoms with Crippen LogP contribution in [0.3, 0.4) is 0 Å². The van der Waals surface area contributed by atoms with Crippen molar-refractivity contribution in [2.45, 2.75) is 36.8 Å². The van der Waals surface area contributed by atoms with E-state index in [1.54, 1.807) is 13.8 Å². The van der Waals surface area contributed by atoms with E-state index in [0.717, 1.165) is 12.1 Å². The zero-order valence-corrected chi connectivity index (χ0v) is 12.0. The van der Waals surface area contributed by atoms with Crippen molar-refractivity contribution in [1.29, 1.82) is 0 Å². The molecule has 20 heavy (non-hydrogen) atoms. The fourth-order valence-electron chi connectivity index (χ4n) is 1.72. The summed E-state index contributed by atoms with van der Waals surface area (Å²) in [4.78, 5) is 11.3. The number of sulfone groups is 1. The lowest BCUT2D eigenvalue weighted by Gasteiger charge is -2.15. The van der Waals surface area contributed by atoms with E-state index in [1.807, 2.05) is 0 Å². The summed E-state index contributed by atoms with van der Waals surface area (Å²) < 4.78 is 55.4. The molecule has 0 spiro atoms. The zero-order chi connectivity index (χ0) is 15.3. The monoisotopic (exact) mass is 306 g/mol. The average Bonchev–Trinajstić information content (AvgIpc) is 2.39. The highest BCUT2D eigenvalue weighted by Crippen LogP contribution is 2.22. The Hall–Kier alpha value is -1.50. The zero-order valence-electron chi connectivity index (χ0n) is 11.2. The highest BCUT2D eigenvalue weighted by Gasteiger charge is 2.34. The molecule has 0 fully saturated rings. The van der Waals surface area contributed by atoms with Gasteiger partial charge in [0.25, 0.3) is 0 Å². The lowest BCUT2D eigenvalue weighted by atomic mass is 10.2. The van der Waals surface area contributed by atoms with Crippen LogP contribution in [0.2, 0.25) is 0 Å². The Bertz CT molecular complexity index is 584. The van der Waals surface area contributed by atoms with Crippen molar-refractivity contribution >= 4 is 15.8 Å². The molecular weight excluding hydrogens is 290 g/mol. The van der Waals surface area contributed by atoms with Crippen LogP contribution in [0.25, 0.3) is 0 Å². The molecule has 4 nitrogen and oxygen atoms in total. The molecule has 0 aliphatic carbocycles. The third-order valence-electron chi connectivity index (χ3n) is 2.69. The molecule has 0 radical (unpaired) electrons. The maximum atomic E-state index is 13.2. The van der Waals surface area contributed by atoms with Crippen molar-refractivity contribution in [3.63, 3.8) is 0 Å². The number of ether oxygens (including phenoxy) is 1. The summed E-state index contributed by atoms with van der Waals surface area (Å²) in [7, 11) is -4.11. The van der Waals surface area contributed by atoms with E-state index in [-0.39, 0.29) is 13.0 Å². The van der Waals surface area contributed by atoms with Crippen LogP contribution in [-0.2, 0) is 19.4 Å². The van der Waals surface area contributed by atoms with Gasteiger partial charge in [-0.3, -0.25) is 4.79 Å². The number of hydrogen-bond donors (Lipinski definition) is 0. The van der Waals surface area contributed by atoms with Crippen molar-refractivity contribution in [1.82, 2.24) is 0 Å². The van der Waals surface area contributed by atoms with Crippen molar-refractivity contribution in [3.8, 4) is 0 Å². The Morgan fingerprint density at radius 2 is 1.90 bits per heavy atom. The summed E-state index contributed by atoms with van der Waals surface area (Å²) in [5.41, 5.74) is 0. The summed E-state index contributed by atoms with van der Waals surface area (Å²) in [6, 6.07) is 2.23. The Balaban J connectivity index is 3.21. The van der Waals surface area contributed by atoms with Gasteiger partial charge < -0.3 is 4.74 Å². The van der Waals surface area contributed by atoms with Crippen LogP contribution < -0.4 is 0 Å². The molecule has 0 amide bonds. The maximum absolute atomic E-state index is 13.2. The first-order valence-corrected chi connectivity index (χ1v) is 7.74. The van der Waals surface area contributed by atoms with Gasteiger partial charge >= 0.3 is 5.97 Å². The summed E-state index contributed by atoms with van der Waals surface area (Å²) >= 11 is 0. The van der Waals surface area contributed by atoms with E-state index >= 15 is 0 Å². The van der Waals surface area contributed by atoms with E-state index in [2.05, 4.69) is 0 Å². The maximum Gasteiger partial charge on any atom is 0.324 e. The Morgan fingerprint density at radius 1 is 1.25 bits per heavy atom. The van der Waals surface area contributed by atoms with Gasteiger partial charge in [0.2, 0.25) is 0 Å². The molecule has 0 bridgehead atoms. The van der Waals surface area contributed by atoms with E-state index in [1.165, 1.54) is 0 Å². The van der Waals surface area contributed by atoms with Gasteiger partial charge in [-0.25, -0.2) is 17.2 Å². The van der Waals surface area contributed by atoms with Gasteiger partial charge in [0.05, 0.1) is 11.5 Å². The van der Waals surface area contributed by atoms with E-state index in [4.69, 9.17) is 4.74 Å². The minimum atomic E-state index is -4.11. The van der Waals surface area contributed by atoms with Crippen LogP contribution in [0.5, 0.6) is 0 Å². The number of hydrogen-bond acceptors (Lipinski definition) is 4. The highest BCUT2D eigenvalue weighted by atomic mass is 32.2. The van der Waals surface area contributed by atoms with Gasteiger partial charge in [-0.1, -0.05) is 13.3 Å². The molecule has 1 rings (SSSR count). The van der Waals surface area contributed by atoms with Crippen LogP contribution >= 0.6 is 0 Å². The van der Waals surface area contributed by atoms with Gasteiger partial charge in [0.1, 0.15) is 0 Å². The topological polar surface area (TPSA) is 60.4 Å². The fraction of sp³-hybridized carbons (Fsp3) is 0.462. The molecule has 1 aromatic rings. The molecule has 7 heteroatoms. The smallest absolute Gasteiger partial charge is 0.324 e. The summed E-state index contributed by atoms with van der Waals surface area (Å²) in [6.07, 6.45) is 0.493. The third-order valence-corrected chi connectivity index (χ3v) is 4.78. The first-order valence-electron chi connectivity index (χ1n) is 6.20. The third kappa shape index (κ3) is 3.53. The van der Waals surface area contributed by atoms with Gasteiger partial charge in [-0.2, -0.15) is 0 Å². The van der Waals surface area contributed by atoms with E-state index in [9.17, 15) is 22.0 Å². The number of esters is 1. The van der Waals surface area contributed by atoms with Crippen LogP contribution in [-0.4, -0.2) is 26.2 Å². The van der Waals surface area contributed by atoms with Crippen molar-refractivity contribution in [2.24, 2.45) is 0 Å². The average molecular weight is 306 g/mol. The Morgan fingerprint density at radius 3 is 2.40 bits per heavy atom. The number of carbonyl (C=O) groups is 1. The number of halogens is 2. The van der Waals surface area contributed by atoms with Gasteiger partial charge in [-0.15, -0.1) is 0 Å². The largest absolute Gasteiger partial charge is 0.465 e. The second-order valence-electron chi connectivity index (χ2n) is 4.15. The van der Waals surface area contributed by atoms with Crippen molar-refractivity contribution in [2.75, 3.05) is 6.61 Å². The van der Waals surface area contributed by atoms with Gasteiger partial charge in [-0.05, 0) is 31.5 Å².